The van der Waals surface area contributed by atoms with E-state index in [4.69, 9.17) is 0 Å². The summed E-state index contributed by atoms with van der Waals surface area (Å²) in [6.07, 6.45) is 3.25. The summed E-state index contributed by atoms with van der Waals surface area (Å²) in [7, 11) is 1.33. The minimum absolute atomic E-state index is 0.0287. The number of aromatic nitrogens is 2. The normalized spacial score (nSPS) is 10.6. The molecule has 6 nitrogen and oxygen atoms in total. The average molecular weight is 267 g/mol. The number of nitrogens with zero attached hydrogens (tertiary/aromatic N) is 3. The molecule has 0 spiro atoms. The van der Waals surface area contributed by atoms with Crippen molar-refractivity contribution >= 4 is 11.8 Å². The van der Waals surface area contributed by atoms with Crippen molar-refractivity contribution in [3.05, 3.63) is 22.7 Å². The molecule has 1 aromatic rings. The molecule has 1 aromatic heterocycles. The van der Waals surface area contributed by atoms with E-state index in [0.717, 1.165) is 0 Å². The lowest BCUT2D eigenvalue weighted by Crippen LogP contribution is -2.37. The molecule has 0 fully saturated rings. The summed E-state index contributed by atoms with van der Waals surface area (Å²) < 4.78 is 6.24. The molecule has 106 valence electrons. The smallest absolute Gasteiger partial charge is 0.325 e. The number of likely N-dealkylation sites (N-methyl/N-ethyl adjacent to an activating group) is 1. The van der Waals surface area contributed by atoms with Gasteiger partial charge >= 0.3 is 5.97 Å². The third-order valence-corrected chi connectivity index (χ3v) is 2.69. The predicted octanol–water partition coefficient (Wildman–Crippen LogP) is 0.899. The molecule has 0 bridgehead atoms. The van der Waals surface area contributed by atoms with Crippen molar-refractivity contribution in [1.29, 1.82) is 0 Å². The molecule has 6 heteroatoms. The Bertz CT molecular complexity index is 482. The Balaban J connectivity index is 3.04. The van der Waals surface area contributed by atoms with Crippen molar-refractivity contribution in [1.82, 2.24) is 9.55 Å². The highest BCUT2D eigenvalue weighted by atomic mass is 16.5. The van der Waals surface area contributed by atoms with Crippen molar-refractivity contribution < 1.29 is 9.53 Å². The van der Waals surface area contributed by atoms with Gasteiger partial charge in [-0.2, -0.15) is 0 Å². The summed E-state index contributed by atoms with van der Waals surface area (Å²) >= 11 is 0. The first-order valence-electron chi connectivity index (χ1n) is 6.36. The van der Waals surface area contributed by atoms with E-state index in [1.54, 1.807) is 21.9 Å². The van der Waals surface area contributed by atoms with E-state index in [2.05, 4.69) is 9.72 Å². The first-order chi connectivity index (χ1) is 8.99. The zero-order valence-electron chi connectivity index (χ0n) is 11.9. The molecule has 1 rings (SSSR count). The van der Waals surface area contributed by atoms with E-state index < -0.39 is 0 Å². The number of hydrogen-bond acceptors (Lipinski definition) is 5. The number of esters is 1. The molecule has 0 amide bonds. The summed E-state index contributed by atoms with van der Waals surface area (Å²) in [4.78, 5) is 29.3. The lowest BCUT2D eigenvalue weighted by Gasteiger charge is -2.20. The Morgan fingerprint density at radius 2 is 2.21 bits per heavy atom. The standard InChI is InChI=1S/C13H21N3O3/c1-5-15(9-11(17)19-4)12-13(18)16(7-6-14-12)8-10(2)3/h6-7,10H,5,8-9H2,1-4H3. The monoisotopic (exact) mass is 267 g/mol. The SMILES string of the molecule is CCN(CC(=O)OC)c1nccn(CC(C)C)c1=O. The molecule has 0 atom stereocenters. The third-order valence-electron chi connectivity index (χ3n) is 2.69. The summed E-state index contributed by atoms with van der Waals surface area (Å²) in [5, 5.41) is 0. The van der Waals surface area contributed by atoms with Gasteiger partial charge in [-0.15, -0.1) is 0 Å². The van der Waals surface area contributed by atoms with E-state index in [1.165, 1.54) is 7.11 Å². The van der Waals surface area contributed by atoms with E-state index >= 15 is 0 Å². The lowest BCUT2D eigenvalue weighted by atomic mass is 10.2. The van der Waals surface area contributed by atoms with Gasteiger partial charge in [0.25, 0.3) is 5.56 Å². The van der Waals surface area contributed by atoms with Crippen LogP contribution in [0.15, 0.2) is 17.2 Å². The van der Waals surface area contributed by atoms with Crippen molar-refractivity contribution in [3.63, 3.8) is 0 Å². The molecule has 0 aliphatic heterocycles. The van der Waals surface area contributed by atoms with Gasteiger partial charge in [0.05, 0.1) is 7.11 Å². The van der Waals surface area contributed by atoms with E-state index in [-0.39, 0.29) is 23.9 Å². The Kier molecular flexibility index (Phi) is 5.54. The molecule has 0 saturated carbocycles. The lowest BCUT2D eigenvalue weighted by molar-refractivity contribution is -0.138. The maximum Gasteiger partial charge on any atom is 0.325 e. The number of methoxy groups -OCH3 is 1. The second-order valence-corrected chi connectivity index (χ2v) is 4.69. The van der Waals surface area contributed by atoms with Crippen LogP contribution in [0.25, 0.3) is 0 Å². The molecular weight excluding hydrogens is 246 g/mol. The predicted molar refractivity (Wildman–Crippen MR) is 73.2 cm³/mol. The van der Waals surface area contributed by atoms with Crippen molar-refractivity contribution in [2.24, 2.45) is 5.92 Å². The summed E-state index contributed by atoms with van der Waals surface area (Å²) in [5.41, 5.74) is -0.179. The van der Waals surface area contributed by atoms with Crippen LogP contribution >= 0.6 is 0 Å². The van der Waals surface area contributed by atoms with Crippen LogP contribution in [-0.4, -0.2) is 35.7 Å². The minimum Gasteiger partial charge on any atom is -0.468 e. The van der Waals surface area contributed by atoms with Crippen LogP contribution in [0.4, 0.5) is 5.82 Å². The van der Waals surface area contributed by atoms with Gasteiger partial charge in [-0.05, 0) is 12.8 Å². The van der Waals surface area contributed by atoms with Crippen molar-refractivity contribution in [2.45, 2.75) is 27.3 Å². The second-order valence-electron chi connectivity index (χ2n) is 4.69. The van der Waals surface area contributed by atoms with Crippen LogP contribution in [-0.2, 0) is 16.1 Å². The Morgan fingerprint density at radius 1 is 1.53 bits per heavy atom. The molecular formula is C13H21N3O3. The molecule has 0 radical (unpaired) electrons. The second kappa shape index (κ2) is 6.92. The van der Waals surface area contributed by atoms with Gasteiger partial charge in [-0.3, -0.25) is 9.59 Å². The third kappa shape index (κ3) is 4.08. The number of rotatable bonds is 6. The van der Waals surface area contributed by atoms with Gasteiger partial charge in [-0.1, -0.05) is 13.8 Å². The summed E-state index contributed by atoms with van der Waals surface area (Å²) in [6, 6.07) is 0. The number of hydrogen-bond donors (Lipinski definition) is 0. The summed E-state index contributed by atoms with van der Waals surface area (Å²) in [5.74, 6) is 0.266. The summed E-state index contributed by atoms with van der Waals surface area (Å²) in [6.45, 7) is 7.12. The van der Waals surface area contributed by atoms with Gasteiger partial charge < -0.3 is 14.2 Å². The fraction of sp³-hybridized carbons (Fsp3) is 0.615. The maximum atomic E-state index is 12.3. The molecule has 0 saturated heterocycles. The van der Waals surface area contributed by atoms with Crippen LogP contribution in [0.1, 0.15) is 20.8 Å². The van der Waals surface area contributed by atoms with Crippen LogP contribution in [0, 0.1) is 5.92 Å². The highest BCUT2D eigenvalue weighted by Gasteiger charge is 2.16. The number of carbonyl (C=O) groups is 1. The average Bonchev–Trinajstić information content (AvgIpc) is 2.38. The van der Waals surface area contributed by atoms with Gasteiger partial charge in [0.1, 0.15) is 6.54 Å². The first-order valence-corrected chi connectivity index (χ1v) is 6.36. The van der Waals surface area contributed by atoms with Gasteiger partial charge in [-0.25, -0.2) is 4.98 Å². The largest absolute Gasteiger partial charge is 0.468 e. The number of ether oxygens (including phenoxy) is 1. The number of anilines is 1. The zero-order chi connectivity index (χ0) is 14.4. The molecule has 0 N–H and O–H groups in total. The zero-order valence-corrected chi connectivity index (χ0v) is 11.9. The van der Waals surface area contributed by atoms with E-state index in [9.17, 15) is 9.59 Å². The molecule has 0 unspecified atom stereocenters. The Labute approximate surface area is 113 Å². The highest BCUT2D eigenvalue weighted by molar-refractivity contribution is 5.75. The van der Waals surface area contributed by atoms with Gasteiger partial charge in [0.15, 0.2) is 5.82 Å². The van der Waals surface area contributed by atoms with Crippen LogP contribution in [0.3, 0.4) is 0 Å². The van der Waals surface area contributed by atoms with Crippen LogP contribution in [0.5, 0.6) is 0 Å². The van der Waals surface area contributed by atoms with Gasteiger partial charge in [0, 0.05) is 25.5 Å². The Morgan fingerprint density at radius 3 is 2.74 bits per heavy atom. The minimum atomic E-state index is -0.387. The molecule has 0 aromatic carbocycles. The van der Waals surface area contributed by atoms with E-state index in [1.807, 2.05) is 20.8 Å². The van der Waals surface area contributed by atoms with Crippen molar-refractivity contribution in [3.8, 4) is 0 Å². The molecule has 19 heavy (non-hydrogen) atoms. The number of carbonyl (C=O) groups excluding carboxylic acids is 1. The Hall–Kier alpha value is -1.85. The highest BCUT2D eigenvalue weighted by Crippen LogP contribution is 2.04. The van der Waals surface area contributed by atoms with E-state index in [0.29, 0.717) is 19.0 Å². The fourth-order valence-corrected chi connectivity index (χ4v) is 1.75. The quantitative estimate of drug-likeness (QED) is 0.716. The first kappa shape index (κ1) is 15.2. The van der Waals surface area contributed by atoms with Gasteiger partial charge in [0.2, 0.25) is 0 Å². The molecule has 0 aliphatic carbocycles. The van der Waals surface area contributed by atoms with Crippen molar-refractivity contribution in [2.75, 3.05) is 25.1 Å². The maximum absolute atomic E-state index is 12.3. The molecule has 1 heterocycles. The molecule has 0 aliphatic rings. The van der Waals surface area contributed by atoms with Crippen LogP contribution < -0.4 is 10.5 Å². The fourth-order valence-electron chi connectivity index (χ4n) is 1.75. The topological polar surface area (TPSA) is 64.4 Å². The van der Waals surface area contributed by atoms with Crippen LogP contribution in [0.2, 0.25) is 0 Å².